The maximum absolute atomic E-state index is 14.2. The average molecular weight is 674 g/mol. The number of allylic oxidation sites excluding steroid dienone is 2. The first kappa shape index (κ1) is 32.8. The van der Waals surface area contributed by atoms with E-state index in [4.69, 9.17) is 16.3 Å². The molecule has 2 fully saturated rings. The Morgan fingerprint density at radius 2 is 1.76 bits per heavy atom. The molecule has 3 aromatic carbocycles. The molecule has 0 radical (unpaired) electrons. The number of aromatic nitrogens is 1. The van der Waals surface area contributed by atoms with Gasteiger partial charge in [0.25, 0.3) is 0 Å². The normalized spacial score (nSPS) is 22.3. The second-order valence-electron chi connectivity index (χ2n) is 12.8. The predicted molar refractivity (Wildman–Crippen MR) is 193 cm³/mol. The number of halogens is 1. The van der Waals surface area contributed by atoms with E-state index in [0.29, 0.717) is 30.0 Å². The number of hydrogen-bond acceptors (Lipinski definition) is 7. The maximum Gasteiger partial charge on any atom is 0.455 e. The monoisotopic (exact) mass is 673 g/mol. The van der Waals surface area contributed by atoms with Crippen LogP contribution in [0.1, 0.15) is 43.9 Å². The van der Waals surface area contributed by atoms with Crippen LogP contribution in [0.5, 0.6) is 5.75 Å². The van der Waals surface area contributed by atoms with Crippen LogP contribution in [0, 0.1) is 17.8 Å². The van der Waals surface area contributed by atoms with Gasteiger partial charge < -0.3 is 20.1 Å². The van der Waals surface area contributed by atoms with E-state index >= 15 is 0 Å². The van der Waals surface area contributed by atoms with Gasteiger partial charge in [-0.2, -0.15) is 0 Å². The van der Waals surface area contributed by atoms with E-state index in [1.54, 1.807) is 30.5 Å². The van der Waals surface area contributed by atoms with Gasteiger partial charge in [0.15, 0.2) is 0 Å². The van der Waals surface area contributed by atoms with E-state index in [0.717, 1.165) is 45.8 Å². The molecule has 0 saturated carbocycles. The Labute approximate surface area is 291 Å². The standard InChI is InChI=1S/C39H37BClN3O5/c1-2-24-21-31-37(39(47)44(38(31)46)29-15-13-28(14-16-29)43-27-8-4-3-5-9-27)32-23-40(48)49-35(36(24)32)18-12-26(34-10-6-7-19-42-34)20-25-11-17-30(45)22-33(25)41/h3-11,13-17,19-20,22,31-32,35,37,43,45,48H,2,12,18,21,23H2,1H3/b26-20-/t31-,32+,35-,37-/m1/s1. The molecule has 49 heavy (non-hydrogen) atoms. The minimum atomic E-state index is -1.07. The number of pyridine rings is 1. The molecule has 8 nitrogen and oxygen atoms in total. The highest BCUT2D eigenvalue weighted by molar-refractivity contribution is 6.43. The van der Waals surface area contributed by atoms with E-state index in [1.165, 1.54) is 11.0 Å². The average Bonchev–Trinajstić information content (AvgIpc) is 3.36. The smallest absolute Gasteiger partial charge is 0.455 e. The summed E-state index contributed by atoms with van der Waals surface area (Å²) in [6.45, 7) is 2.07. The van der Waals surface area contributed by atoms with Gasteiger partial charge in [-0.1, -0.05) is 48.4 Å². The van der Waals surface area contributed by atoms with Crippen LogP contribution in [0.25, 0.3) is 11.6 Å². The number of anilines is 3. The van der Waals surface area contributed by atoms with Crippen molar-refractivity contribution in [3.05, 3.63) is 125 Å². The third-order valence-electron chi connectivity index (χ3n) is 9.91. The number of carbonyl (C=O) groups is 2. The summed E-state index contributed by atoms with van der Waals surface area (Å²) in [4.78, 5) is 34.1. The van der Waals surface area contributed by atoms with Gasteiger partial charge in [0.1, 0.15) is 5.75 Å². The quantitative estimate of drug-likeness (QED) is 0.0940. The zero-order valence-electron chi connectivity index (χ0n) is 27.1. The molecular formula is C39H37BClN3O5. The Balaban J connectivity index is 1.15. The van der Waals surface area contributed by atoms with Crippen molar-refractivity contribution in [3.8, 4) is 5.75 Å². The van der Waals surface area contributed by atoms with Crippen molar-refractivity contribution in [2.45, 2.75) is 45.0 Å². The molecule has 3 N–H and O–H groups in total. The number of nitrogens with one attached hydrogen (secondary N) is 1. The Morgan fingerprint density at radius 1 is 1.00 bits per heavy atom. The number of amides is 2. The van der Waals surface area contributed by atoms with Crippen LogP contribution in [-0.4, -0.2) is 40.2 Å². The first-order valence-electron chi connectivity index (χ1n) is 16.8. The predicted octanol–water partition coefficient (Wildman–Crippen LogP) is 7.92. The molecule has 10 heteroatoms. The summed E-state index contributed by atoms with van der Waals surface area (Å²) in [5.74, 6) is -1.68. The first-order valence-corrected chi connectivity index (χ1v) is 17.1. The molecule has 1 aromatic heterocycles. The molecule has 4 aromatic rings. The second kappa shape index (κ2) is 14.0. The second-order valence-corrected chi connectivity index (χ2v) is 13.3. The molecule has 4 atom stereocenters. The number of imide groups is 1. The number of rotatable bonds is 9. The molecular weight excluding hydrogens is 637 g/mol. The van der Waals surface area contributed by atoms with Crippen molar-refractivity contribution >= 4 is 59.2 Å². The van der Waals surface area contributed by atoms with Crippen molar-refractivity contribution < 1.29 is 24.4 Å². The molecule has 3 aliphatic rings. The Bertz CT molecular complexity index is 1920. The lowest BCUT2D eigenvalue weighted by Gasteiger charge is -2.43. The zero-order valence-corrected chi connectivity index (χ0v) is 27.9. The fourth-order valence-corrected chi connectivity index (χ4v) is 7.90. The number of carbonyl (C=O) groups excluding carboxylic acids is 2. The van der Waals surface area contributed by atoms with E-state index in [-0.39, 0.29) is 29.8 Å². The lowest BCUT2D eigenvalue weighted by atomic mass is 9.58. The van der Waals surface area contributed by atoms with Crippen molar-refractivity contribution in [3.63, 3.8) is 0 Å². The number of para-hydroxylation sites is 1. The molecule has 1 aliphatic carbocycles. The summed E-state index contributed by atoms with van der Waals surface area (Å²) in [6, 6.07) is 27.7. The third kappa shape index (κ3) is 6.66. The van der Waals surface area contributed by atoms with Gasteiger partial charge >= 0.3 is 7.12 Å². The summed E-state index contributed by atoms with van der Waals surface area (Å²) in [6.07, 6.45) is 5.81. The number of nitrogens with zero attached hydrogens (tertiary/aromatic N) is 2. The van der Waals surface area contributed by atoms with Crippen LogP contribution in [0.4, 0.5) is 17.1 Å². The highest BCUT2D eigenvalue weighted by Gasteiger charge is 2.57. The van der Waals surface area contributed by atoms with Gasteiger partial charge in [-0.3, -0.25) is 19.5 Å². The molecule has 2 amide bonds. The summed E-state index contributed by atoms with van der Waals surface area (Å²) in [7, 11) is -1.07. The van der Waals surface area contributed by atoms with Crippen molar-refractivity contribution in [2.24, 2.45) is 17.8 Å². The van der Waals surface area contributed by atoms with Crippen molar-refractivity contribution in [1.82, 2.24) is 4.98 Å². The van der Waals surface area contributed by atoms with Crippen molar-refractivity contribution in [1.29, 1.82) is 0 Å². The number of fused-ring (bicyclic) bond motifs is 3. The SMILES string of the molecule is CCC1=C2[C@@H](CC/C(=C/c3ccc(O)cc3Cl)c3ccccn3)OB(O)C[C@@H]2[C@@H]2C(=O)N(c3ccc(Nc4ccccc4)cc3)C(=O)[C@@H]2C1. The largest absolute Gasteiger partial charge is 0.508 e. The molecule has 0 spiro atoms. The van der Waals surface area contributed by atoms with E-state index < -0.39 is 25.1 Å². The van der Waals surface area contributed by atoms with Gasteiger partial charge in [-0.05, 0) is 127 Å². The van der Waals surface area contributed by atoms with Gasteiger partial charge in [0.05, 0.1) is 34.3 Å². The molecule has 2 saturated heterocycles. The molecule has 0 unspecified atom stereocenters. The summed E-state index contributed by atoms with van der Waals surface area (Å²) in [5.41, 5.74) is 6.96. The Morgan fingerprint density at radius 3 is 2.47 bits per heavy atom. The Hall–Kier alpha value is -4.70. The lowest BCUT2D eigenvalue weighted by molar-refractivity contribution is -0.122. The van der Waals surface area contributed by atoms with Crippen molar-refractivity contribution in [2.75, 3.05) is 10.2 Å². The fraction of sp³-hybridized carbons (Fsp3) is 0.256. The lowest BCUT2D eigenvalue weighted by Crippen LogP contribution is -2.46. The number of benzene rings is 3. The van der Waals surface area contributed by atoms with Gasteiger partial charge in [-0.25, -0.2) is 0 Å². The highest BCUT2D eigenvalue weighted by atomic mass is 35.5. The summed E-state index contributed by atoms with van der Waals surface area (Å²) < 4.78 is 6.22. The number of aromatic hydroxyl groups is 1. The summed E-state index contributed by atoms with van der Waals surface area (Å²) >= 11 is 6.47. The van der Waals surface area contributed by atoms with Crippen LogP contribution < -0.4 is 10.2 Å². The topological polar surface area (TPSA) is 112 Å². The highest BCUT2D eigenvalue weighted by Crippen LogP contribution is 2.52. The van der Waals surface area contributed by atoms with Gasteiger partial charge in [0.2, 0.25) is 11.8 Å². The molecule has 248 valence electrons. The van der Waals surface area contributed by atoms with Gasteiger partial charge in [-0.15, -0.1) is 0 Å². The van der Waals surface area contributed by atoms with Crippen LogP contribution in [0.2, 0.25) is 11.3 Å². The molecule has 2 aliphatic heterocycles. The minimum Gasteiger partial charge on any atom is -0.508 e. The Kier molecular flexibility index (Phi) is 9.41. The maximum atomic E-state index is 14.2. The first-order chi connectivity index (χ1) is 23.8. The molecule has 7 rings (SSSR count). The third-order valence-corrected chi connectivity index (χ3v) is 10.2. The minimum absolute atomic E-state index is 0.0856. The van der Waals surface area contributed by atoms with Crippen LogP contribution in [-0.2, 0) is 14.2 Å². The summed E-state index contributed by atoms with van der Waals surface area (Å²) in [5, 5.41) is 24.7. The fourth-order valence-electron chi connectivity index (χ4n) is 7.67. The zero-order chi connectivity index (χ0) is 34.1. The van der Waals surface area contributed by atoms with Gasteiger partial charge in [0, 0.05) is 17.6 Å². The van der Waals surface area contributed by atoms with E-state index in [2.05, 4.69) is 17.2 Å². The van der Waals surface area contributed by atoms with Crippen LogP contribution in [0.3, 0.4) is 0 Å². The van der Waals surface area contributed by atoms with E-state index in [1.807, 2.05) is 66.7 Å². The number of phenolic OH excluding ortho intramolecular Hbond substituents is 1. The van der Waals surface area contributed by atoms with Crippen LogP contribution >= 0.6 is 11.6 Å². The van der Waals surface area contributed by atoms with E-state index in [9.17, 15) is 19.7 Å². The number of phenols is 1. The molecule has 0 bridgehead atoms. The van der Waals surface area contributed by atoms with Crippen LogP contribution in [0.15, 0.2) is 108 Å². The number of hydrogen-bond donors (Lipinski definition) is 3. The molecule has 3 heterocycles.